The lowest BCUT2D eigenvalue weighted by molar-refractivity contribution is 0.0443. The maximum Gasteiger partial charge on any atom is 0.208 e. The number of fused-ring (bicyclic) bond motifs is 1. The fraction of sp³-hybridized carbons (Fsp3) is 0.571. The first-order valence-electron chi connectivity index (χ1n) is 3.97. The highest BCUT2D eigenvalue weighted by Gasteiger charge is 2.27. The molecule has 0 aromatic carbocycles. The van der Waals surface area contributed by atoms with E-state index in [-0.39, 0.29) is 5.50 Å². The number of anilines is 1. The molecule has 0 radical (unpaired) electrons. The molecule has 2 unspecified atom stereocenters. The number of aliphatic hydroxyl groups excluding tert-OH is 1. The van der Waals surface area contributed by atoms with Gasteiger partial charge in [0.25, 0.3) is 0 Å². The normalized spacial score (nSPS) is 27.5. The van der Waals surface area contributed by atoms with Gasteiger partial charge in [-0.15, -0.1) is 11.8 Å². The van der Waals surface area contributed by atoms with Crippen LogP contribution in [0.5, 0.6) is 0 Å². The summed E-state index contributed by atoms with van der Waals surface area (Å²) in [4.78, 5) is 2.03. The Morgan fingerprint density at radius 2 is 2.46 bits per heavy atom. The first-order chi connectivity index (χ1) is 6.24. The molecule has 1 aromatic rings. The highest BCUT2D eigenvalue weighted by Crippen LogP contribution is 2.25. The van der Waals surface area contributed by atoms with Crippen LogP contribution in [0.25, 0.3) is 0 Å². The molecule has 0 spiro atoms. The molecule has 0 saturated carbocycles. The van der Waals surface area contributed by atoms with E-state index in [0.717, 1.165) is 5.82 Å². The Balaban J connectivity index is 2.35. The molecule has 72 valence electrons. The highest BCUT2D eigenvalue weighted by molar-refractivity contribution is 7.99. The van der Waals surface area contributed by atoms with Crippen molar-refractivity contribution in [3.63, 3.8) is 0 Å². The largest absolute Gasteiger partial charge is 0.359 e. The molecule has 6 heteroatoms. The van der Waals surface area contributed by atoms with E-state index in [0.29, 0.717) is 0 Å². The van der Waals surface area contributed by atoms with Crippen LogP contribution in [0.4, 0.5) is 5.82 Å². The third-order valence-electron chi connectivity index (χ3n) is 2.11. The van der Waals surface area contributed by atoms with Crippen LogP contribution in [0.15, 0.2) is 12.3 Å². The SMILES string of the molecule is CSC1NC(O)n2nccc2N1C. The maximum atomic E-state index is 9.62. The lowest BCUT2D eigenvalue weighted by Crippen LogP contribution is -2.50. The Morgan fingerprint density at radius 3 is 3.15 bits per heavy atom. The minimum Gasteiger partial charge on any atom is -0.359 e. The summed E-state index contributed by atoms with van der Waals surface area (Å²) in [6.45, 7) is 0. The smallest absolute Gasteiger partial charge is 0.208 e. The van der Waals surface area contributed by atoms with Gasteiger partial charge in [-0.1, -0.05) is 0 Å². The van der Waals surface area contributed by atoms with Crippen molar-refractivity contribution in [2.24, 2.45) is 0 Å². The van der Waals surface area contributed by atoms with Crippen molar-refractivity contribution in [1.29, 1.82) is 0 Å². The van der Waals surface area contributed by atoms with Crippen LogP contribution in [0.2, 0.25) is 0 Å². The molecule has 0 aliphatic carbocycles. The number of thioether (sulfide) groups is 1. The summed E-state index contributed by atoms with van der Waals surface area (Å²) in [5.74, 6) is 0.922. The van der Waals surface area contributed by atoms with Gasteiger partial charge in [0.2, 0.25) is 6.35 Å². The van der Waals surface area contributed by atoms with Gasteiger partial charge in [-0.25, -0.2) is 10.00 Å². The Hall–Kier alpha value is -0.720. The molecule has 1 aliphatic rings. The lowest BCUT2D eigenvalue weighted by atomic mass is 10.5. The van der Waals surface area contributed by atoms with Crippen molar-refractivity contribution < 1.29 is 5.11 Å². The highest BCUT2D eigenvalue weighted by atomic mass is 32.2. The first kappa shape index (κ1) is 8.86. The Labute approximate surface area is 80.7 Å². The second-order valence-corrected chi connectivity index (χ2v) is 3.79. The van der Waals surface area contributed by atoms with E-state index in [4.69, 9.17) is 0 Å². The number of nitrogens with zero attached hydrogens (tertiary/aromatic N) is 3. The molecule has 0 saturated heterocycles. The third kappa shape index (κ3) is 1.31. The summed E-state index contributed by atoms with van der Waals surface area (Å²) >= 11 is 1.64. The summed E-state index contributed by atoms with van der Waals surface area (Å²) in [6.07, 6.45) is 2.95. The van der Waals surface area contributed by atoms with Gasteiger partial charge in [0, 0.05) is 13.1 Å². The van der Waals surface area contributed by atoms with E-state index in [9.17, 15) is 5.11 Å². The van der Waals surface area contributed by atoms with E-state index in [2.05, 4.69) is 10.4 Å². The third-order valence-corrected chi connectivity index (χ3v) is 3.01. The predicted molar refractivity (Wildman–Crippen MR) is 52.3 cm³/mol. The average Bonchev–Trinajstić information content (AvgIpc) is 2.60. The first-order valence-corrected chi connectivity index (χ1v) is 5.26. The number of aromatic nitrogens is 2. The van der Waals surface area contributed by atoms with E-state index in [1.807, 2.05) is 24.3 Å². The number of hydrogen-bond acceptors (Lipinski definition) is 5. The van der Waals surface area contributed by atoms with Gasteiger partial charge in [-0.05, 0) is 6.26 Å². The van der Waals surface area contributed by atoms with Gasteiger partial charge in [-0.3, -0.25) is 0 Å². The van der Waals surface area contributed by atoms with Crippen molar-refractivity contribution in [1.82, 2.24) is 15.1 Å². The number of aliphatic hydroxyl groups is 1. The Kier molecular flexibility index (Phi) is 2.19. The van der Waals surface area contributed by atoms with Crippen LogP contribution in [0.1, 0.15) is 6.35 Å². The van der Waals surface area contributed by atoms with Crippen molar-refractivity contribution in [3.05, 3.63) is 12.3 Å². The topological polar surface area (TPSA) is 53.3 Å². The summed E-state index contributed by atoms with van der Waals surface area (Å²) in [7, 11) is 1.97. The fourth-order valence-corrected chi connectivity index (χ4v) is 2.11. The number of nitrogens with one attached hydrogen (secondary N) is 1. The zero-order valence-electron chi connectivity index (χ0n) is 7.51. The monoisotopic (exact) mass is 200 g/mol. The zero-order chi connectivity index (χ0) is 9.42. The molecule has 13 heavy (non-hydrogen) atoms. The van der Waals surface area contributed by atoms with Crippen LogP contribution in [-0.4, -0.2) is 33.7 Å². The van der Waals surface area contributed by atoms with Crippen molar-refractivity contribution in [2.75, 3.05) is 18.2 Å². The van der Waals surface area contributed by atoms with Gasteiger partial charge >= 0.3 is 0 Å². The Bertz CT molecular complexity index is 302. The van der Waals surface area contributed by atoms with Crippen molar-refractivity contribution in [2.45, 2.75) is 11.8 Å². The van der Waals surface area contributed by atoms with E-state index in [1.54, 1.807) is 22.6 Å². The molecule has 2 rings (SSSR count). The van der Waals surface area contributed by atoms with E-state index >= 15 is 0 Å². The molecule has 2 N–H and O–H groups in total. The Morgan fingerprint density at radius 1 is 1.69 bits per heavy atom. The molecule has 0 amide bonds. The molecular weight excluding hydrogens is 188 g/mol. The second-order valence-electron chi connectivity index (χ2n) is 2.87. The van der Waals surface area contributed by atoms with Crippen LogP contribution < -0.4 is 10.2 Å². The number of hydrogen-bond donors (Lipinski definition) is 2. The predicted octanol–water partition coefficient (Wildman–Crippen LogP) is 0.0175. The summed E-state index contributed by atoms with van der Waals surface area (Å²) in [6, 6.07) is 1.88. The number of rotatable bonds is 1. The second kappa shape index (κ2) is 3.21. The lowest BCUT2D eigenvalue weighted by Gasteiger charge is -2.36. The van der Waals surface area contributed by atoms with Crippen LogP contribution in [0.3, 0.4) is 0 Å². The van der Waals surface area contributed by atoms with Crippen molar-refractivity contribution in [3.8, 4) is 0 Å². The molecule has 0 fully saturated rings. The fourth-order valence-electron chi connectivity index (χ4n) is 1.43. The minimum absolute atomic E-state index is 0.0965. The molecule has 1 aromatic heterocycles. The zero-order valence-corrected chi connectivity index (χ0v) is 8.32. The van der Waals surface area contributed by atoms with Gasteiger partial charge in [0.05, 0.1) is 6.20 Å². The maximum absolute atomic E-state index is 9.62. The molecule has 2 heterocycles. The summed E-state index contributed by atoms with van der Waals surface area (Å²) < 4.78 is 1.55. The van der Waals surface area contributed by atoms with E-state index in [1.165, 1.54) is 0 Å². The molecule has 2 atom stereocenters. The summed E-state index contributed by atoms with van der Waals surface area (Å²) in [5.41, 5.74) is 0.0965. The van der Waals surface area contributed by atoms with Gasteiger partial charge in [0.15, 0.2) is 0 Å². The van der Waals surface area contributed by atoms with Gasteiger partial charge < -0.3 is 10.0 Å². The van der Waals surface area contributed by atoms with E-state index < -0.39 is 6.35 Å². The van der Waals surface area contributed by atoms with Crippen LogP contribution >= 0.6 is 11.8 Å². The van der Waals surface area contributed by atoms with Gasteiger partial charge in [-0.2, -0.15) is 5.10 Å². The summed E-state index contributed by atoms with van der Waals surface area (Å²) in [5, 5.41) is 16.6. The van der Waals surface area contributed by atoms with Crippen LogP contribution in [0, 0.1) is 0 Å². The molecule has 0 bridgehead atoms. The molecular formula is C7H12N4OS. The average molecular weight is 200 g/mol. The molecule has 5 nitrogen and oxygen atoms in total. The quantitative estimate of drug-likeness (QED) is 0.669. The standard InChI is InChI=1S/C7H12N4OS/c1-10-5-3-4-8-11(5)6(12)9-7(10)13-2/h3-4,6-7,9,12H,1-2H3. The molecule has 1 aliphatic heterocycles. The minimum atomic E-state index is -0.723. The van der Waals surface area contributed by atoms with Crippen LogP contribution in [-0.2, 0) is 0 Å². The van der Waals surface area contributed by atoms with Gasteiger partial charge in [0.1, 0.15) is 11.3 Å². The van der Waals surface area contributed by atoms with Crippen molar-refractivity contribution >= 4 is 17.6 Å².